The number of ether oxygens (including phenoxy) is 1. The molecule has 0 radical (unpaired) electrons. The molecule has 0 saturated carbocycles. The highest BCUT2D eigenvalue weighted by molar-refractivity contribution is 5.29. The van der Waals surface area contributed by atoms with E-state index >= 15 is 0 Å². The van der Waals surface area contributed by atoms with Gasteiger partial charge in [0.1, 0.15) is 6.10 Å². The summed E-state index contributed by atoms with van der Waals surface area (Å²) in [7, 11) is 0. The molecule has 1 aromatic rings. The lowest BCUT2D eigenvalue weighted by atomic mass is 9.98. The van der Waals surface area contributed by atoms with Crippen molar-refractivity contribution in [3.8, 4) is 5.75 Å². The topological polar surface area (TPSA) is 21.3 Å². The minimum Gasteiger partial charge on any atom is -0.487 e. The zero-order valence-electron chi connectivity index (χ0n) is 9.79. The summed E-state index contributed by atoms with van der Waals surface area (Å²) < 4.78 is 19.3. The minimum absolute atomic E-state index is 0.123. The van der Waals surface area contributed by atoms with E-state index in [1.54, 1.807) is 12.1 Å². The Labute approximate surface area is 95.8 Å². The normalized spacial score (nSPS) is 25.4. The molecule has 16 heavy (non-hydrogen) atoms. The van der Waals surface area contributed by atoms with Crippen LogP contribution in [0.5, 0.6) is 5.75 Å². The van der Waals surface area contributed by atoms with Gasteiger partial charge in [-0.25, -0.2) is 4.39 Å². The quantitative estimate of drug-likeness (QED) is 0.831. The van der Waals surface area contributed by atoms with Gasteiger partial charge in [-0.3, -0.25) is 0 Å². The third kappa shape index (κ3) is 2.53. The lowest BCUT2D eigenvalue weighted by Crippen LogP contribution is -2.41. The number of hydrogen-bond donors (Lipinski definition) is 1. The first-order valence-electron chi connectivity index (χ1n) is 5.80. The van der Waals surface area contributed by atoms with Crippen molar-refractivity contribution in [1.29, 1.82) is 0 Å². The largest absolute Gasteiger partial charge is 0.487 e. The molecule has 1 saturated heterocycles. The van der Waals surface area contributed by atoms with Gasteiger partial charge in [0.2, 0.25) is 0 Å². The molecular weight excluding hydrogens is 205 g/mol. The Morgan fingerprint density at radius 3 is 3.00 bits per heavy atom. The Morgan fingerprint density at radius 2 is 2.25 bits per heavy atom. The Morgan fingerprint density at radius 1 is 1.44 bits per heavy atom. The average molecular weight is 223 g/mol. The Hall–Kier alpha value is -1.09. The summed E-state index contributed by atoms with van der Waals surface area (Å²) in [4.78, 5) is 0. The van der Waals surface area contributed by atoms with E-state index in [1.165, 1.54) is 6.07 Å². The van der Waals surface area contributed by atoms with Crippen molar-refractivity contribution in [3.63, 3.8) is 0 Å². The van der Waals surface area contributed by atoms with Crippen LogP contribution in [0.4, 0.5) is 4.39 Å². The molecule has 0 spiro atoms. The van der Waals surface area contributed by atoms with Crippen molar-refractivity contribution in [2.24, 2.45) is 5.92 Å². The fourth-order valence-electron chi connectivity index (χ4n) is 2.03. The van der Waals surface area contributed by atoms with Crippen LogP contribution in [0.1, 0.15) is 18.9 Å². The van der Waals surface area contributed by atoms with Crippen molar-refractivity contribution in [3.05, 3.63) is 29.6 Å². The first-order valence-corrected chi connectivity index (χ1v) is 5.80. The van der Waals surface area contributed by atoms with Gasteiger partial charge in [-0.05, 0) is 37.6 Å². The first kappa shape index (κ1) is 11.4. The summed E-state index contributed by atoms with van der Waals surface area (Å²) in [6, 6.07) is 4.99. The second-order valence-corrected chi connectivity index (χ2v) is 4.56. The summed E-state index contributed by atoms with van der Waals surface area (Å²) in [5.41, 5.74) is 1.03. The van der Waals surface area contributed by atoms with Gasteiger partial charge >= 0.3 is 0 Å². The van der Waals surface area contributed by atoms with Crippen molar-refractivity contribution in [2.45, 2.75) is 26.4 Å². The van der Waals surface area contributed by atoms with Gasteiger partial charge < -0.3 is 10.1 Å². The maximum Gasteiger partial charge on any atom is 0.165 e. The molecule has 88 valence electrons. The maximum atomic E-state index is 13.5. The highest BCUT2D eigenvalue weighted by atomic mass is 19.1. The molecule has 1 fully saturated rings. The number of benzene rings is 1. The summed E-state index contributed by atoms with van der Waals surface area (Å²) in [6.45, 7) is 5.96. The second kappa shape index (κ2) is 4.83. The maximum absolute atomic E-state index is 13.5. The third-order valence-electron chi connectivity index (χ3n) is 3.07. The molecule has 2 unspecified atom stereocenters. The molecule has 1 N–H and O–H groups in total. The average Bonchev–Trinajstić information content (AvgIpc) is 2.27. The van der Waals surface area contributed by atoms with Gasteiger partial charge in [-0.2, -0.15) is 0 Å². The highest BCUT2D eigenvalue weighted by Crippen LogP contribution is 2.23. The smallest absolute Gasteiger partial charge is 0.165 e. The minimum atomic E-state index is -0.267. The summed E-state index contributed by atoms with van der Waals surface area (Å²) in [5.74, 6) is 0.545. The molecule has 2 rings (SSSR count). The summed E-state index contributed by atoms with van der Waals surface area (Å²) in [5, 5.41) is 3.30. The molecule has 0 aromatic heterocycles. The predicted molar refractivity (Wildman–Crippen MR) is 62.2 cm³/mol. The molecule has 1 aliphatic rings. The van der Waals surface area contributed by atoms with Crippen molar-refractivity contribution in [1.82, 2.24) is 5.32 Å². The molecule has 3 heteroatoms. The predicted octanol–water partition coefficient (Wildman–Crippen LogP) is 2.51. The van der Waals surface area contributed by atoms with Crippen LogP contribution >= 0.6 is 0 Å². The van der Waals surface area contributed by atoms with Crippen LogP contribution in [0.25, 0.3) is 0 Å². The van der Waals surface area contributed by atoms with Crippen LogP contribution in [0, 0.1) is 18.7 Å². The van der Waals surface area contributed by atoms with Gasteiger partial charge in [0.25, 0.3) is 0 Å². The van der Waals surface area contributed by atoms with E-state index < -0.39 is 0 Å². The third-order valence-corrected chi connectivity index (χ3v) is 3.07. The fourth-order valence-corrected chi connectivity index (χ4v) is 2.03. The Balaban J connectivity index is 2.10. The van der Waals surface area contributed by atoms with Crippen LogP contribution < -0.4 is 10.1 Å². The summed E-state index contributed by atoms with van der Waals surface area (Å²) in [6.07, 6.45) is 1.06. The van der Waals surface area contributed by atoms with Crippen LogP contribution in [0.3, 0.4) is 0 Å². The number of aryl methyl sites for hydroxylation is 1. The number of nitrogens with one attached hydrogen (secondary N) is 1. The number of halogens is 1. The lowest BCUT2D eigenvalue weighted by Gasteiger charge is -2.30. The van der Waals surface area contributed by atoms with E-state index in [0.717, 1.165) is 25.1 Å². The molecule has 2 nitrogen and oxygen atoms in total. The first-order chi connectivity index (χ1) is 7.66. The van der Waals surface area contributed by atoms with Crippen LogP contribution in [0.2, 0.25) is 0 Å². The molecule has 0 amide bonds. The number of rotatable bonds is 2. The zero-order chi connectivity index (χ0) is 11.5. The van der Waals surface area contributed by atoms with Crippen LogP contribution in [-0.2, 0) is 0 Å². The Kier molecular flexibility index (Phi) is 3.44. The monoisotopic (exact) mass is 223 g/mol. The van der Waals surface area contributed by atoms with Crippen LogP contribution in [0.15, 0.2) is 18.2 Å². The lowest BCUT2D eigenvalue weighted by molar-refractivity contribution is 0.107. The molecule has 1 heterocycles. The van der Waals surface area contributed by atoms with Crippen LogP contribution in [-0.4, -0.2) is 19.2 Å². The SMILES string of the molecule is Cc1ccc(F)c(OC2CCNCC2C)c1. The van der Waals surface area contributed by atoms with Gasteiger partial charge in [-0.1, -0.05) is 13.0 Å². The molecule has 0 bridgehead atoms. The Bertz CT molecular complexity index is 367. The van der Waals surface area contributed by atoms with E-state index in [4.69, 9.17) is 4.74 Å². The van der Waals surface area contributed by atoms with E-state index in [0.29, 0.717) is 11.7 Å². The van der Waals surface area contributed by atoms with E-state index in [9.17, 15) is 4.39 Å². The molecule has 0 aliphatic carbocycles. The zero-order valence-corrected chi connectivity index (χ0v) is 9.79. The van der Waals surface area contributed by atoms with E-state index in [2.05, 4.69) is 12.2 Å². The van der Waals surface area contributed by atoms with Crippen molar-refractivity contribution >= 4 is 0 Å². The van der Waals surface area contributed by atoms with E-state index in [-0.39, 0.29) is 11.9 Å². The number of piperidine rings is 1. The van der Waals surface area contributed by atoms with Crippen molar-refractivity contribution in [2.75, 3.05) is 13.1 Å². The second-order valence-electron chi connectivity index (χ2n) is 4.56. The standard InChI is InChI=1S/C13H18FNO/c1-9-3-4-11(14)13(7-9)16-12-5-6-15-8-10(12)2/h3-4,7,10,12,15H,5-6,8H2,1-2H3. The number of hydrogen-bond acceptors (Lipinski definition) is 2. The molecule has 2 atom stereocenters. The van der Waals surface area contributed by atoms with Gasteiger partial charge in [0.05, 0.1) is 0 Å². The van der Waals surface area contributed by atoms with E-state index in [1.807, 2.05) is 6.92 Å². The molecular formula is C13H18FNO. The van der Waals surface area contributed by atoms with Gasteiger partial charge in [-0.15, -0.1) is 0 Å². The van der Waals surface area contributed by atoms with Gasteiger partial charge in [0, 0.05) is 12.5 Å². The van der Waals surface area contributed by atoms with Crippen molar-refractivity contribution < 1.29 is 9.13 Å². The molecule has 1 aliphatic heterocycles. The summed E-state index contributed by atoms with van der Waals surface area (Å²) >= 11 is 0. The molecule has 1 aromatic carbocycles. The van der Waals surface area contributed by atoms with Gasteiger partial charge in [0.15, 0.2) is 11.6 Å². The fraction of sp³-hybridized carbons (Fsp3) is 0.538. The highest BCUT2D eigenvalue weighted by Gasteiger charge is 2.23.